The zero-order valence-corrected chi connectivity index (χ0v) is 11.5. The van der Waals surface area contributed by atoms with E-state index in [-0.39, 0.29) is 17.7 Å². The van der Waals surface area contributed by atoms with Crippen LogP contribution in [0.4, 0.5) is 5.69 Å². The number of hydrogen-bond acceptors (Lipinski definition) is 6. The number of methoxy groups -OCH3 is 1. The van der Waals surface area contributed by atoms with Crippen molar-refractivity contribution in [3.05, 3.63) is 53.0 Å². The number of aliphatic hydroxyl groups is 1. The van der Waals surface area contributed by atoms with Crippen LogP contribution in [0.25, 0.3) is 0 Å². The van der Waals surface area contributed by atoms with Crippen LogP contribution >= 0.6 is 0 Å². The molecule has 0 saturated heterocycles. The summed E-state index contributed by atoms with van der Waals surface area (Å²) in [5.41, 5.74) is 0.916. The molecule has 21 heavy (non-hydrogen) atoms. The van der Waals surface area contributed by atoms with E-state index in [4.69, 9.17) is 14.3 Å². The molecule has 1 heterocycles. The molecule has 0 radical (unpaired) electrons. The summed E-state index contributed by atoms with van der Waals surface area (Å²) in [6.45, 7) is 0.139. The van der Waals surface area contributed by atoms with Gasteiger partial charge in [0.1, 0.15) is 18.1 Å². The molecule has 0 unspecified atom stereocenters. The van der Waals surface area contributed by atoms with Gasteiger partial charge in [-0.25, -0.2) is 4.79 Å². The van der Waals surface area contributed by atoms with E-state index >= 15 is 0 Å². The summed E-state index contributed by atoms with van der Waals surface area (Å²) >= 11 is 0. The summed E-state index contributed by atoms with van der Waals surface area (Å²) in [4.78, 5) is 22.8. The van der Waals surface area contributed by atoms with Gasteiger partial charge in [-0.3, -0.25) is 4.79 Å². The zero-order valence-electron chi connectivity index (χ0n) is 11.5. The molecule has 0 amide bonds. The number of benzene rings is 1. The third-order valence-electron chi connectivity index (χ3n) is 2.94. The number of carbonyl (C=O) groups excluding carboxylic acids is 2. The lowest BCUT2D eigenvalue weighted by Crippen LogP contribution is -2.11. The molecule has 0 spiro atoms. The SMILES string of the molecule is COC(=O)c1c(C=O)cccc1NCc1ccc(CO)o1. The highest BCUT2D eigenvalue weighted by Crippen LogP contribution is 2.21. The Labute approximate surface area is 121 Å². The molecular weight excluding hydrogens is 274 g/mol. The van der Waals surface area contributed by atoms with E-state index in [2.05, 4.69) is 5.32 Å². The van der Waals surface area contributed by atoms with Crippen molar-refractivity contribution in [1.29, 1.82) is 0 Å². The second-order valence-electron chi connectivity index (χ2n) is 4.26. The summed E-state index contributed by atoms with van der Waals surface area (Å²) in [7, 11) is 1.26. The third kappa shape index (κ3) is 3.29. The van der Waals surface area contributed by atoms with Gasteiger partial charge >= 0.3 is 5.97 Å². The molecule has 0 saturated carbocycles. The first-order valence-corrected chi connectivity index (χ1v) is 6.28. The predicted molar refractivity (Wildman–Crippen MR) is 75.1 cm³/mol. The maximum Gasteiger partial charge on any atom is 0.340 e. The maximum atomic E-state index is 11.8. The van der Waals surface area contributed by atoms with Crippen LogP contribution in [0.5, 0.6) is 0 Å². The molecule has 2 N–H and O–H groups in total. The second-order valence-corrected chi connectivity index (χ2v) is 4.26. The smallest absolute Gasteiger partial charge is 0.340 e. The van der Waals surface area contributed by atoms with E-state index in [9.17, 15) is 9.59 Å². The Hall–Kier alpha value is -2.60. The highest BCUT2D eigenvalue weighted by atomic mass is 16.5. The molecule has 0 atom stereocenters. The van der Waals surface area contributed by atoms with E-state index in [0.717, 1.165) is 0 Å². The van der Waals surface area contributed by atoms with Crippen molar-refractivity contribution in [2.45, 2.75) is 13.2 Å². The Bertz CT molecular complexity index is 647. The van der Waals surface area contributed by atoms with Crippen LogP contribution in [0.15, 0.2) is 34.7 Å². The summed E-state index contributed by atoms with van der Waals surface area (Å²) in [5, 5.41) is 12.0. The Kier molecular flexibility index (Phi) is 4.73. The van der Waals surface area contributed by atoms with E-state index < -0.39 is 5.97 Å². The Balaban J connectivity index is 2.22. The minimum Gasteiger partial charge on any atom is -0.465 e. The fourth-order valence-electron chi connectivity index (χ4n) is 1.93. The first kappa shape index (κ1) is 14.8. The molecule has 0 fully saturated rings. The van der Waals surface area contributed by atoms with Crippen LogP contribution in [0.3, 0.4) is 0 Å². The molecule has 0 aliphatic carbocycles. The van der Waals surface area contributed by atoms with Crippen molar-refractivity contribution in [2.75, 3.05) is 12.4 Å². The number of rotatable bonds is 6. The maximum absolute atomic E-state index is 11.8. The van der Waals surface area contributed by atoms with E-state index in [1.807, 2.05) is 0 Å². The summed E-state index contributed by atoms with van der Waals surface area (Å²) in [6, 6.07) is 8.27. The van der Waals surface area contributed by atoms with Crippen molar-refractivity contribution < 1.29 is 23.8 Å². The van der Waals surface area contributed by atoms with Crippen LogP contribution < -0.4 is 5.32 Å². The number of ether oxygens (including phenoxy) is 1. The molecule has 0 aliphatic rings. The Morgan fingerprint density at radius 2 is 2.10 bits per heavy atom. The molecule has 2 aromatic rings. The standard InChI is InChI=1S/C15H15NO5/c1-20-15(19)14-10(8-17)3-2-4-13(14)16-7-11-5-6-12(9-18)21-11/h2-6,8,16,18H,7,9H2,1H3. The summed E-state index contributed by atoms with van der Waals surface area (Å²) < 4.78 is 10.0. The van der Waals surface area contributed by atoms with E-state index in [0.29, 0.717) is 30.0 Å². The minimum atomic E-state index is -0.587. The van der Waals surface area contributed by atoms with Gasteiger partial charge in [-0.15, -0.1) is 0 Å². The van der Waals surface area contributed by atoms with Crippen molar-refractivity contribution >= 4 is 17.9 Å². The van der Waals surface area contributed by atoms with E-state index in [1.54, 1.807) is 30.3 Å². The summed E-state index contributed by atoms with van der Waals surface area (Å²) in [6.07, 6.45) is 0.605. The molecule has 0 bridgehead atoms. The van der Waals surface area contributed by atoms with Crippen molar-refractivity contribution in [1.82, 2.24) is 0 Å². The molecular formula is C15H15NO5. The highest BCUT2D eigenvalue weighted by molar-refractivity contribution is 6.03. The third-order valence-corrected chi connectivity index (χ3v) is 2.94. The average Bonchev–Trinajstić information content (AvgIpc) is 2.99. The molecule has 1 aromatic heterocycles. The first-order valence-electron chi connectivity index (χ1n) is 6.28. The van der Waals surface area contributed by atoms with Crippen molar-refractivity contribution in [3.8, 4) is 0 Å². The second kappa shape index (κ2) is 6.71. The van der Waals surface area contributed by atoms with Crippen LogP contribution in [0, 0.1) is 0 Å². The van der Waals surface area contributed by atoms with Crippen LogP contribution in [-0.2, 0) is 17.9 Å². The zero-order chi connectivity index (χ0) is 15.2. The van der Waals surface area contributed by atoms with Crippen molar-refractivity contribution in [3.63, 3.8) is 0 Å². The van der Waals surface area contributed by atoms with Gasteiger partial charge in [0.2, 0.25) is 0 Å². The quantitative estimate of drug-likeness (QED) is 0.624. The number of esters is 1. The van der Waals surface area contributed by atoms with Gasteiger partial charge < -0.3 is 19.6 Å². The lowest BCUT2D eigenvalue weighted by atomic mass is 10.1. The normalized spacial score (nSPS) is 10.2. The fourth-order valence-corrected chi connectivity index (χ4v) is 1.93. The van der Waals surface area contributed by atoms with Gasteiger partial charge in [-0.1, -0.05) is 12.1 Å². The van der Waals surface area contributed by atoms with Crippen LogP contribution in [0.2, 0.25) is 0 Å². The lowest BCUT2D eigenvalue weighted by molar-refractivity contribution is 0.0599. The minimum absolute atomic E-state index is 0.173. The number of nitrogens with one attached hydrogen (secondary N) is 1. The Morgan fingerprint density at radius 3 is 2.71 bits per heavy atom. The monoisotopic (exact) mass is 289 g/mol. The van der Waals surface area contributed by atoms with Crippen molar-refractivity contribution in [2.24, 2.45) is 0 Å². The number of anilines is 1. The topological polar surface area (TPSA) is 88.8 Å². The number of furan rings is 1. The van der Waals surface area contributed by atoms with Crippen LogP contribution in [0.1, 0.15) is 32.2 Å². The highest BCUT2D eigenvalue weighted by Gasteiger charge is 2.16. The average molecular weight is 289 g/mol. The Morgan fingerprint density at radius 1 is 1.33 bits per heavy atom. The molecule has 1 aromatic carbocycles. The molecule has 2 rings (SSSR count). The van der Waals surface area contributed by atoms with E-state index in [1.165, 1.54) is 7.11 Å². The summed E-state index contributed by atoms with van der Waals surface area (Å²) in [5.74, 6) is 0.476. The molecule has 110 valence electrons. The number of hydrogen-bond donors (Lipinski definition) is 2. The number of aliphatic hydroxyl groups excluding tert-OH is 1. The number of aldehydes is 1. The van der Waals surface area contributed by atoms with Crippen LogP contribution in [-0.4, -0.2) is 24.5 Å². The van der Waals surface area contributed by atoms with Gasteiger partial charge in [0.25, 0.3) is 0 Å². The van der Waals surface area contributed by atoms with Gasteiger partial charge in [0.15, 0.2) is 6.29 Å². The molecule has 6 heteroatoms. The fraction of sp³-hybridized carbons (Fsp3) is 0.200. The predicted octanol–water partition coefficient (Wildman–Crippen LogP) is 1.98. The van der Waals surface area contributed by atoms with Gasteiger partial charge in [-0.05, 0) is 18.2 Å². The molecule has 0 aliphatic heterocycles. The van der Waals surface area contributed by atoms with Gasteiger partial charge in [0.05, 0.1) is 19.2 Å². The molecule has 6 nitrogen and oxygen atoms in total. The number of carbonyl (C=O) groups is 2. The largest absolute Gasteiger partial charge is 0.465 e. The van der Waals surface area contributed by atoms with Gasteiger partial charge in [0, 0.05) is 11.3 Å². The first-order chi connectivity index (χ1) is 10.2. The van der Waals surface area contributed by atoms with Gasteiger partial charge in [-0.2, -0.15) is 0 Å². The lowest BCUT2D eigenvalue weighted by Gasteiger charge is -2.11.